The summed E-state index contributed by atoms with van der Waals surface area (Å²) in [6.45, 7) is 2.56. The Morgan fingerprint density at radius 3 is 2.87 bits per heavy atom. The van der Waals surface area contributed by atoms with Gasteiger partial charge in [-0.15, -0.1) is 0 Å². The molecule has 0 aliphatic carbocycles. The second-order valence-corrected chi connectivity index (χ2v) is 3.93. The van der Waals surface area contributed by atoms with Gasteiger partial charge >= 0.3 is 0 Å². The Kier molecular flexibility index (Phi) is 2.32. The highest BCUT2D eigenvalue weighted by Crippen LogP contribution is 2.13. The van der Waals surface area contributed by atoms with Crippen LogP contribution in [-0.4, -0.2) is 33.9 Å². The molecule has 80 valence electrons. The van der Waals surface area contributed by atoms with E-state index in [1.807, 2.05) is 25.2 Å². The Hall–Kier alpha value is -1.62. The Balaban J connectivity index is 2.63. The second-order valence-electron chi connectivity index (χ2n) is 3.93. The lowest BCUT2D eigenvalue weighted by molar-refractivity contribution is 0.404. The van der Waals surface area contributed by atoms with Crippen LogP contribution in [0.3, 0.4) is 0 Å². The van der Waals surface area contributed by atoms with Crippen molar-refractivity contribution < 1.29 is 0 Å². The number of hydrogen-bond donors (Lipinski definition) is 2. The summed E-state index contributed by atoms with van der Waals surface area (Å²) in [5.74, 6) is 0.645. The molecule has 2 aromatic rings. The summed E-state index contributed by atoms with van der Waals surface area (Å²) in [5, 5.41) is 0. The van der Waals surface area contributed by atoms with E-state index in [0.717, 1.165) is 17.6 Å². The zero-order valence-corrected chi connectivity index (χ0v) is 9.09. The monoisotopic (exact) mass is 206 g/mol. The van der Waals surface area contributed by atoms with Crippen molar-refractivity contribution in [2.45, 2.75) is 13.5 Å². The fourth-order valence-corrected chi connectivity index (χ4v) is 1.64. The Labute approximate surface area is 87.1 Å². The number of aromatic amines is 2. The van der Waals surface area contributed by atoms with Crippen LogP contribution in [0.25, 0.3) is 11.0 Å². The van der Waals surface area contributed by atoms with Crippen LogP contribution in [0, 0.1) is 6.92 Å². The molecule has 0 aliphatic rings. The topological polar surface area (TPSA) is 64.8 Å². The molecule has 0 spiro atoms. The summed E-state index contributed by atoms with van der Waals surface area (Å²) in [4.78, 5) is 23.6. The van der Waals surface area contributed by atoms with Gasteiger partial charge in [-0.2, -0.15) is 0 Å². The van der Waals surface area contributed by atoms with E-state index in [2.05, 4.69) is 15.0 Å². The zero-order chi connectivity index (χ0) is 11.0. The van der Waals surface area contributed by atoms with E-state index in [1.54, 1.807) is 6.92 Å². The molecule has 2 heterocycles. The number of nitrogens with zero attached hydrogens (tertiary/aromatic N) is 2. The van der Waals surface area contributed by atoms with Gasteiger partial charge in [-0.1, -0.05) is 0 Å². The third kappa shape index (κ3) is 1.78. The van der Waals surface area contributed by atoms with E-state index in [0.29, 0.717) is 11.3 Å². The molecule has 0 unspecified atom stereocenters. The molecule has 2 N–H and O–H groups in total. The largest absolute Gasteiger partial charge is 0.355 e. The fourth-order valence-electron chi connectivity index (χ4n) is 1.64. The molecular weight excluding hydrogens is 192 g/mol. The van der Waals surface area contributed by atoms with E-state index in [4.69, 9.17) is 0 Å². The quantitative estimate of drug-likeness (QED) is 0.757. The van der Waals surface area contributed by atoms with Crippen LogP contribution in [0.15, 0.2) is 11.0 Å². The summed E-state index contributed by atoms with van der Waals surface area (Å²) >= 11 is 0. The molecule has 2 rings (SSSR count). The van der Waals surface area contributed by atoms with Gasteiger partial charge in [0.2, 0.25) is 0 Å². The predicted molar refractivity (Wildman–Crippen MR) is 58.8 cm³/mol. The molecule has 0 bridgehead atoms. The normalized spacial score (nSPS) is 11.5. The molecule has 0 saturated carbocycles. The molecule has 0 aromatic carbocycles. The molecule has 5 heteroatoms. The zero-order valence-electron chi connectivity index (χ0n) is 9.09. The average molecular weight is 206 g/mol. The lowest BCUT2D eigenvalue weighted by atomic mass is 10.2. The molecule has 5 nitrogen and oxygen atoms in total. The summed E-state index contributed by atoms with van der Waals surface area (Å²) in [6.07, 6.45) is 1.84. The van der Waals surface area contributed by atoms with Crippen LogP contribution in [0.1, 0.15) is 11.4 Å². The molecular formula is C10H14N4O. The van der Waals surface area contributed by atoms with E-state index >= 15 is 0 Å². The van der Waals surface area contributed by atoms with Crippen molar-refractivity contribution in [3.8, 4) is 0 Å². The smallest absolute Gasteiger partial charge is 0.275 e. The third-order valence-electron chi connectivity index (χ3n) is 2.22. The first-order chi connectivity index (χ1) is 7.08. The number of nitrogens with one attached hydrogen (secondary N) is 2. The number of H-pyrrole nitrogens is 2. The van der Waals surface area contributed by atoms with Crippen LogP contribution in [0.2, 0.25) is 0 Å². The van der Waals surface area contributed by atoms with Gasteiger partial charge < -0.3 is 14.9 Å². The maximum absolute atomic E-state index is 11.6. The molecule has 0 aliphatic heterocycles. The highest BCUT2D eigenvalue weighted by molar-refractivity contribution is 5.77. The van der Waals surface area contributed by atoms with Crippen LogP contribution in [-0.2, 0) is 6.54 Å². The van der Waals surface area contributed by atoms with Crippen molar-refractivity contribution in [2.24, 2.45) is 0 Å². The predicted octanol–water partition coefficient (Wildman–Crippen LogP) is 0.621. The number of rotatable bonds is 2. The van der Waals surface area contributed by atoms with Crippen molar-refractivity contribution in [1.82, 2.24) is 19.9 Å². The van der Waals surface area contributed by atoms with E-state index in [9.17, 15) is 4.79 Å². The first kappa shape index (κ1) is 9.92. The van der Waals surface area contributed by atoms with Crippen LogP contribution in [0.5, 0.6) is 0 Å². The first-order valence-electron chi connectivity index (χ1n) is 4.79. The third-order valence-corrected chi connectivity index (χ3v) is 2.22. The van der Waals surface area contributed by atoms with Gasteiger partial charge in [0.1, 0.15) is 16.9 Å². The van der Waals surface area contributed by atoms with Gasteiger partial charge in [-0.25, -0.2) is 4.98 Å². The Morgan fingerprint density at radius 2 is 2.20 bits per heavy atom. The Morgan fingerprint density at radius 1 is 1.47 bits per heavy atom. The summed E-state index contributed by atoms with van der Waals surface area (Å²) in [6, 6.07) is 0. The molecule has 0 radical (unpaired) electrons. The highest BCUT2D eigenvalue weighted by atomic mass is 16.1. The highest BCUT2D eigenvalue weighted by Gasteiger charge is 2.09. The molecule has 0 amide bonds. The van der Waals surface area contributed by atoms with Crippen molar-refractivity contribution in [3.05, 3.63) is 27.9 Å². The minimum absolute atomic E-state index is 0.109. The maximum Gasteiger partial charge on any atom is 0.275 e. The second kappa shape index (κ2) is 3.51. The van der Waals surface area contributed by atoms with E-state index in [1.165, 1.54) is 0 Å². The molecule has 15 heavy (non-hydrogen) atoms. The molecule has 2 aromatic heterocycles. The summed E-state index contributed by atoms with van der Waals surface area (Å²) < 4.78 is 0. The van der Waals surface area contributed by atoms with Gasteiger partial charge in [0.05, 0.1) is 0 Å². The van der Waals surface area contributed by atoms with Gasteiger partial charge in [0.25, 0.3) is 5.56 Å². The first-order valence-corrected chi connectivity index (χ1v) is 4.79. The molecule has 0 fully saturated rings. The fraction of sp³-hybridized carbons (Fsp3) is 0.400. The lowest BCUT2D eigenvalue weighted by Gasteiger charge is -2.07. The van der Waals surface area contributed by atoms with E-state index < -0.39 is 0 Å². The number of aromatic nitrogens is 3. The van der Waals surface area contributed by atoms with Gasteiger partial charge in [0.15, 0.2) is 0 Å². The van der Waals surface area contributed by atoms with Crippen LogP contribution in [0.4, 0.5) is 0 Å². The van der Waals surface area contributed by atoms with Crippen molar-refractivity contribution in [2.75, 3.05) is 14.1 Å². The summed E-state index contributed by atoms with van der Waals surface area (Å²) in [7, 11) is 3.97. The minimum atomic E-state index is -0.109. The maximum atomic E-state index is 11.6. The minimum Gasteiger partial charge on any atom is -0.355 e. The van der Waals surface area contributed by atoms with E-state index in [-0.39, 0.29) is 5.56 Å². The molecule has 0 saturated heterocycles. The van der Waals surface area contributed by atoms with Crippen LogP contribution >= 0.6 is 0 Å². The SMILES string of the molecule is Cc1nc2c(CN(C)C)c[nH]c2c(=O)[nH]1. The number of aryl methyl sites for hydroxylation is 1. The van der Waals surface area contributed by atoms with Gasteiger partial charge in [-0.05, 0) is 21.0 Å². The van der Waals surface area contributed by atoms with Crippen molar-refractivity contribution >= 4 is 11.0 Å². The average Bonchev–Trinajstić information content (AvgIpc) is 2.48. The van der Waals surface area contributed by atoms with Crippen molar-refractivity contribution in [3.63, 3.8) is 0 Å². The van der Waals surface area contributed by atoms with Gasteiger partial charge in [0, 0.05) is 18.3 Å². The molecule has 0 atom stereocenters. The lowest BCUT2D eigenvalue weighted by Crippen LogP contribution is -2.12. The standard InChI is InChI=1S/C10H14N4O/c1-6-12-8-7(5-14(2)3)4-11-9(8)10(15)13-6/h4,11H,5H2,1-3H3,(H,12,13,15). The summed E-state index contributed by atoms with van der Waals surface area (Å²) in [5.41, 5.74) is 2.26. The number of hydrogen-bond acceptors (Lipinski definition) is 3. The van der Waals surface area contributed by atoms with Gasteiger partial charge in [-0.3, -0.25) is 4.79 Å². The van der Waals surface area contributed by atoms with Crippen molar-refractivity contribution in [1.29, 1.82) is 0 Å². The van der Waals surface area contributed by atoms with Crippen LogP contribution < -0.4 is 5.56 Å². The Bertz CT molecular complexity index is 538. The number of fused-ring (bicyclic) bond motifs is 1.